The van der Waals surface area contributed by atoms with E-state index >= 15 is 0 Å². The minimum absolute atomic E-state index is 0.0719. The van der Waals surface area contributed by atoms with Crippen molar-refractivity contribution in [1.82, 2.24) is 14.1 Å². The van der Waals surface area contributed by atoms with Crippen molar-refractivity contribution in [2.24, 2.45) is 11.8 Å². The predicted octanol–water partition coefficient (Wildman–Crippen LogP) is 2.83. The number of carbonyl (C=O) groups excluding carboxylic acids is 3. The van der Waals surface area contributed by atoms with Gasteiger partial charge >= 0.3 is 0 Å². The molecule has 9 nitrogen and oxygen atoms in total. The van der Waals surface area contributed by atoms with Crippen molar-refractivity contribution in [3.05, 3.63) is 36.4 Å². The molecule has 3 amide bonds. The Labute approximate surface area is 229 Å². The first kappa shape index (κ1) is 26.3. The SMILES string of the molecule is C[C@H]1C(=O)N(C(=O)C2CC2)[C@@H]2CCN(C(=O)C3CCCCN3S(=O)(=O)c3cccc4c(N(C)C)cccc34)[C@H]21. The third-order valence-electron chi connectivity index (χ3n) is 9.00. The number of sulfonamides is 1. The molecular weight excluding hydrogens is 516 g/mol. The van der Waals surface area contributed by atoms with Crippen LogP contribution in [0.3, 0.4) is 0 Å². The molecule has 4 atom stereocenters. The summed E-state index contributed by atoms with van der Waals surface area (Å²) in [7, 11) is -0.146. The van der Waals surface area contributed by atoms with Gasteiger partial charge in [-0.3, -0.25) is 19.3 Å². The van der Waals surface area contributed by atoms with E-state index in [2.05, 4.69) is 0 Å². The largest absolute Gasteiger partial charge is 0.377 e. The molecular formula is C29H36N4O5S. The van der Waals surface area contributed by atoms with E-state index in [1.807, 2.05) is 43.3 Å². The van der Waals surface area contributed by atoms with E-state index in [1.165, 1.54) is 9.21 Å². The number of hydrogen-bond donors (Lipinski definition) is 0. The molecule has 0 bridgehead atoms. The van der Waals surface area contributed by atoms with Gasteiger partial charge in [0, 0.05) is 49.6 Å². The van der Waals surface area contributed by atoms with Crippen LogP contribution in [0, 0.1) is 11.8 Å². The second-order valence-electron chi connectivity index (χ2n) is 11.6. The van der Waals surface area contributed by atoms with E-state index in [0.29, 0.717) is 31.2 Å². The third kappa shape index (κ3) is 4.14. The predicted molar refractivity (Wildman–Crippen MR) is 147 cm³/mol. The highest BCUT2D eigenvalue weighted by atomic mass is 32.2. The van der Waals surface area contributed by atoms with Crippen LogP contribution in [0.1, 0.15) is 45.4 Å². The van der Waals surface area contributed by atoms with Gasteiger partial charge in [-0.25, -0.2) is 8.42 Å². The van der Waals surface area contributed by atoms with Crippen molar-refractivity contribution in [3.8, 4) is 0 Å². The molecule has 208 valence electrons. The molecule has 3 heterocycles. The summed E-state index contributed by atoms with van der Waals surface area (Å²) in [5.74, 6) is -1.12. The second-order valence-corrected chi connectivity index (χ2v) is 13.5. The van der Waals surface area contributed by atoms with Crippen LogP contribution in [0.2, 0.25) is 0 Å². The summed E-state index contributed by atoms with van der Waals surface area (Å²) in [6, 6.07) is 9.37. The summed E-state index contributed by atoms with van der Waals surface area (Å²) in [5.41, 5.74) is 0.920. The normalized spacial score (nSPS) is 27.7. The molecule has 2 aromatic carbocycles. The van der Waals surface area contributed by atoms with Gasteiger partial charge in [0.15, 0.2) is 0 Å². The standard InChI is InChI=1S/C29H36N4O5S/c1-18-26-23(33(27(18)34)28(35)19-13-14-19)15-17-31(26)29(36)24-10-4-5-16-32(24)39(37,38)25-12-7-8-20-21(25)9-6-11-22(20)30(2)3/h6-9,11-12,18-19,23-24,26H,4-5,10,13-17H2,1-3H3/t18-,23-,24?,26+/m1/s1. The van der Waals surface area contributed by atoms with Crippen LogP contribution in [0.15, 0.2) is 41.3 Å². The molecule has 0 aromatic heterocycles. The van der Waals surface area contributed by atoms with Gasteiger partial charge in [-0.05, 0) is 44.2 Å². The number of hydrogen-bond acceptors (Lipinski definition) is 6. The fraction of sp³-hybridized carbons (Fsp3) is 0.552. The van der Waals surface area contributed by atoms with Crippen LogP contribution in [0.5, 0.6) is 0 Å². The Morgan fingerprint density at radius 1 is 0.897 bits per heavy atom. The van der Waals surface area contributed by atoms with E-state index in [-0.39, 0.29) is 41.1 Å². The van der Waals surface area contributed by atoms with Crippen molar-refractivity contribution in [3.63, 3.8) is 0 Å². The lowest BCUT2D eigenvalue weighted by molar-refractivity contribution is -0.146. The summed E-state index contributed by atoms with van der Waals surface area (Å²) in [6.07, 6.45) is 4.05. The van der Waals surface area contributed by atoms with Gasteiger partial charge in [-0.15, -0.1) is 0 Å². The van der Waals surface area contributed by atoms with Crippen LogP contribution in [0.4, 0.5) is 5.69 Å². The molecule has 39 heavy (non-hydrogen) atoms. The summed E-state index contributed by atoms with van der Waals surface area (Å²) >= 11 is 0. The smallest absolute Gasteiger partial charge is 0.244 e. The van der Waals surface area contributed by atoms with Gasteiger partial charge in [0.2, 0.25) is 27.7 Å². The van der Waals surface area contributed by atoms with Gasteiger partial charge in [-0.1, -0.05) is 37.6 Å². The molecule has 0 N–H and O–H groups in total. The number of nitrogens with zero attached hydrogens (tertiary/aromatic N) is 4. The molecule has 4 fully saturated rings. The molecule has 6 rings (SSSR count). The summed E-state index contributed by atoms with van der Waals surface area (Å²) in [5, 5.41) is 1.47. The van der Waals surface area contributed by atoms with Crippen LogP contribution in [-0.4, -0.2) is 85.6 Å². The number of benzene rings is 2. The van der Waals surface area contributed by atoms with E-state index in [4.69, 9.17) is 0 Å². The topological polar surface area (TPSA) is 98.3 Å². The lowest BCUT2D eigenvalue weighted by Gasteiger charge is -2.38. The van der Waals surface area contributed by atoms with Gasteiger partial charge in [0.1, 0.15) is 6.04 Å². The number of piperidine rings is 1. The maximum atomic E-state index is 14.2. The zero-order chi connectivity index (χ0) is 27.6. The van der Waals surface area contributed by atoms with E-state index in [9.17, 15) is 22.8 Å². The molecule has 1 saturated carbocycles. The number of fused-ring (bicyclic) bond motifs is 2. The molecule has 2 aromatic rings. The molecule has 0 radical (unpaired) electrons. The monoisotopic (exact) mass is 552 g/mol. The van der Waals surface area contributed by atoms with E-state index < -0.39 is 28.0 Å². The first-order chi connectivity index (χ1) is 18.6. The maximum absolute atomic E-state index is 14.2. The number of rotatable bonds is 5. The molecule has 0 spiro atoms. The summed E-state index contributed by atoms with van der Waals surface area (Å²) in [4.78, 5) is 45.4. The van der Waals surface area contributed by atoms with Crippen molar-refractivity contribution >= 4 is 44.2 Å². The number of imide groups is 1. The molecule has 10 heteroatoms. The van der Waals surface area contributed by atoms with Gasteiger partial charge in [-0.2, -0.15) is 4.31 Å². The summed E-state index contributed by atoms with van der Waals surface area (Å²) < 4.78 is 29.8. The first-order valence-electron chi connectivity index (χ1n) is 14.0. The number of anilines is 1. The van der Waals surface area contributed by atoms with Crippen LogP contribution in [0.25, 0.3) is 10.8 Å². The molecule has 4 aliphatic rings. The Hall–Kier alpha value is -2.98. The zero-order valence-corrected chi connectivity index (χ0v) is 23.6. The minimum atomic E-state index is -3.99. The zero-order valence-electron chi connectivity index (χ0n) is 22.7. The fourth-order valence-corrected chi connectivity index (χ4v) is 8.76. The fourth-order valence-electron chi connectivity index (χ4n) is 6.91. The molecule has 3 saturated heterocycles. The molecule has 1 unspecified atom stereocenters. The van der Waals surface area contributed by atoms with Crippen molar-refractivity contribution in [1.29, 1.82) is 0 Å². The third-order valence-corrected chi connectivity index (χ3v) is 11.0. The minimum Gasteiger partial charge on any atom is -0.377 e. The average molecular weight is 553 g/mol. The Morgan fingerprint density at radius 3 is 2.33 bits per heavy atom. The van der Waals surface area contributed by atoms with Gasteiger partial charge in [0.05, 0.1) is 22.9 Å². The Morgan fingerprint density at radius 2 is 1.62 bits per heavy atom. The first-order valence-corrected chi connectivity index (χ1v) is 15.4. The average Bonchev–Trinajstić information content (AvgIpc) is 3.65. The highest BCUT2D eigenvalue weighted by Crippen LogP contribution is 2.42. The van der Waals surface area contributed by atoms with E-state index in [1.54, 1.807) is 24.0 Å². The summed E-state index contributed by atoms with van der Waals surface area (Å²) in [6.45, 7) is 2.48. The highest BCUT2D eigenvalue weighted by molar-refractivity contribution is 7.89. The Kier molecular flexibility index (Phi) is 6.45. The van der Waals surface area contributed by atoms with Crippen LogP contribution < -0.4 is 4.90 Å². The van der Waals surface area contributed by atoms with Crippen LogP contribution >= 0.6 is 0 Å². The number of amides is 3. The Bertz CT molecular complexity index is 1450. The van der Waals surface area contributed by atoms with Crippen molar-refractivity contribution < 1.29 is 22.8 Å². The second kappa shape index (κ2) is 9.59. The van der Waals surface area contributed by atoms with E-state index in [0.717, 1.165) is 30.3 Å². The van der Waals surface area contributed by atoms with Gasteiger partial charge in [0.25, 0.3) is 0 Å². The van der Waals surface area contributed by atoms with Gasteiger partial charge < -0.3 is 9.80 Å². The van der Waals surface area contributed by atoms with Crippen LogP contribution in [-0.2, 0) is 24.4 Å². The maximum Gasteiger partial charge on any atom is 0.244 e. The molecule has 3 aliphatic heterocycles. The highest BCUT2D eigenvalue weighted by Gasteiger charge is 2.57. The number of likely N-dealkylation sites (tertiary alicyclic amines) is 2. The number of carbonyl (C=O) groups is 3. The Balaban J connectivity index is 1.32. The molecule has 1 aliphatic carbocycles. The quantitative estimate of drug-likeness (QED) is 0.529. The van der Waals surface area contributed by atoms with Crippen molar-refractivity contribution in [2.45, 2.75) is 68.5 Å². The van der Waals surface area contributed by atoms with Crippen molar-refractivity contribution in [2.75, 3.05) is 32.1 Å². The lowest BCUT2D eigenvalue weighted by Crippen LogP contribution is -2.55. The lowest BCUT2D eigenvalue weighted by atomic mass is 9.99.